The molecule has 0 atom stereocenters. The molecule has 0 saturated heterocycles. The van der Waals surface area contributed by atoms with Gasteiger partial charge < -0.3 is 4.74 Å². The van der Waals surface area contributed by atoms with Crippen molar-refractivity contribution in [2.75, 3.05) is 6.61 Å². The summed E-state index contributed by atoms with van der Waals surface area (Å²) >= 11 is 0. The smallest absolute Gasteiger partial charge is 0.277 e. The van der Waals surface area contributed by atoms with Crippen molar-refractivity contribution >= 4 is 11.6 Å². The topological polar surface area (TPSA) is 50.7 Å². The number of rotatable bonds is 7. The molecule has 3 rings (SSSR count). The standard InChI is InChI=1S/C26H28N2O2/c1-18(2)24-15-10-19(3)16-25(24)30-17-26(29)28-27-20(4)21-11-13-23(14-12-21)22-8-6-5-7-9-22/h5-16,18H,17H2,1-4H3,(H,28,29)/b27-20-. The van der Waals surface area contributed by atoms with Gasteiger partial charge in [-0.15, -0.1) is 0 Å². The summed E-state index contributed by atoms with van der Waals surface area (Å²) in [6.45, 7) is 8.01. The van der Waals surface area contributed by atoms with E-state index in [0.29, 0.717) is 5.92 Å². The molecule has 3 aromatic carbocycles. The molecular formula is C26H28N2O2. The van der Waals surface area contributed by atoms with Crippen molar-refractivity contribution in [3.8, 4) is 16.9 Å². The molecule has 154 valence electrons. The lowest BCUT2D eigenvalue weighted by molar-refractivity contribution is -0.123. The van der Waals surface area contributed by atoms with Crippen LogP contribution in [0, 0.1) is 6.92 Å². The second-order valence-electron chi connectivity index (χ2n) is 7.66. The van der Waals surface area contributed by atoms with E-state index < -0.39 is 0 Å². The molecule has 0 unspecified atom stereocenters. The van der Waals surface area contributed by atoms with Crippen molar-refractivity contribution < 1.29 is 9.53 Å². The minimum atomic E-state index is -0.286. The number of hydrazone groups is 1. The molecule has 1 N–H and O–H groups in total. The van der Waals surface area contributed by atoms with Gasteiger partial charge >= 0.3 is 0 Å². The second kappa shape index (κ2) is 9.88. The van der Waals surface area contributed by atoms with Gasteiger partial charge in [0, 0.05) is 0 Å². The Bertz CT molecular complexity index is 1020. The predicted molar refractivity (Wildman–Crippen MR) is 123 cm³/mol. The average molecular weight is 401 g/mol. The Morgan fingerprint density at radius 2 is 1.63 bits per heavy atom. The molecule has 0 aromatic heterocycles. The van der Waals surface area contributed by atoms with E-state index in [4.69, 9.17) is 4.74 Å². The van der Waals surface area contributed by atoms with E-state index >= 15 is 0 Å². The lowest BCUT2D eigenvalue weighted by atomic mass is 10.0. The van der Waals surface area contributed by atoms with Crippen LogP contribution in [0.1, 0.15) is 43.4 Å². The highest BCUT2D eigenvalue weighted by Crippen LogP contribution is 2.27. The van der Waals surface area contributed by atoms with Gasteiger partial charge in [-0.3, -0.25) is 4.79 Å². The maximum atomic E-state index is 12.2. The van der Waals surface area contributed by atoms with Crippen LogP contribution in [0.2, 0.25) is 0 Å². The highest BCUT2D eigenvalue weighted by molar-refractivity contribution is 5.99. The molecule has 0 aliphatic rings. The fourth-order valence-electron chi connectivity index (χ4n) is 3.16. The van der Waals surface area contributed by atoms with E-state index in [-0.39, 0.29) is 12.5 Å². The first-order valence-corrected chi connectivity index (χ1v) is 10.2. The minimum absolute atomic E-state index is 0.0765. The third-order valence-corrected chi connectivity index (χ3v) is 4.91. The molecule has 30 heavy (non-hydrogen) atoms. The zero-order chi connectivity index (χ0) is 21.5. The molecule has 0 bridgehead atoms. The Morgan fingerprint density at radius 1 is 0.967 bits per heavy atom. The van der Waals surface area contributed by atoms with Gasteiger partial charge in [-0.05, 0) is 53.6 Å². The van der Waals surface area contributed by atoms with Gasteiger partial charge in [0.2, 0.25) is 0 Å². The summed E-state index contributed by atoms with van der Waals surface area (Å²) in [4.78, 5) is 12.2. The van der Waals surface area contributed by atoms with Crippen LogP contribution in [-0.4, -0.2) is 18.2 Å². The molecular weight excluding hydrogens is 372 g/mol. The van der Waals surface area contributed by atoms with E-state index in [9.17, 15) is 4.79 Å². The molecule has 1 amide bonds. The van der Waals surface area contributed by atoms with Crippen LogP contribution in [0.5, 0.6) is 5.75 Å². The van der Waals surface area contributed by atoms with Gasteiger partial charge in [-0.25, -0.2) is 5.43 Å². The van der Waals surface area contributed by atoms with Crippen LogP contribution in [0.25, 0.3) is 11.1 Å². The monoisotopic (exact) mass is 400 g/mol. The molecule has 0 radical (unpaired) electrons. The van der Waals surface area contributed by atoms with Crippen LogP contribution >= 0.6 is 0 Å². The summed E-state index contributed by atoms with van der Waals surface area (Å²) in [5.41, 5.74) is 8.78. The second-order valence-corrected chi connectivity index (χ2v) is 7.66. The maximum Gasteiger partial charge on any atom is 0.277 e. The highest BCUT2D eigenvalue weighted by atomic mass is 16.5. The molecule has 0 aliphatic heterocycles. The summed E-state index contributed by atoms with van der Waals surface area (Å²) in [6, 6.07) is 24.4. The number of hydrogen-bond acceptors (Lipinski definition) is 3. The van der Waals surface area contributed by atoms with E-state index in [1.165, 1.54) is 5.56 Å². The van der Waals surface area contributed by atoms with Crippen molar-refractivity contribution in [2.45, 2.75) is 33.6 Å². The Kier molecular flexibility index (Phi) is 7.02. The summed E-state index contributed by atoms with van der Waals surface area (Å²) in [5, 5.41) is 4.22. The van der Waals surface area contributed by atoms with Crippen LogP contribution < -0.4 is 10.2 Å². The lowest BCUT2D eigenvalue weighted by Gasteiger charge is -2.14. The first-order valence-electron chi connectivity index (χ1n) is 10.2. The molecule has 3 aromatic rings. The fourth-order valence-corrected chi connectivity index (χ4v) is 3.16. The number of aryl methyl sites for hydroxylation is 1. The predicted octanol–water partition coefficient (Wildman–Crippen LogP) is 5.70. The van der Waals surface area contributed by atoms with Gasteiger partial charge in [-0.1, -0.05) is 80.6 Å². The summed E-state index contributed by atoms with van der Waals surface area (Å²) in [6.07, 6.45) is 0. The maximum absolute atomic E-state index is 12.2. The van der Waals surface area contributed by atoms with Gasteiger partial charge in [0.05, 0.1) is 5.71 Å². The number of carbonyl (C=O) groups excluding carboxylic acids is 1. The molecule has 4 heteroatoms. The Hall–Kier alpha value is -3.40. The van der Waals surface area contributed by atoms with Gasteiger partial charge in [0.15, 0.2) is 6.61 Å². The molecule has 0 spiro atoms. The Labute approximate surface area is 178 Å². The SMILES string of the molecule is C/C(=N/NC(=O)COc1cc(C)ccc1C(C)C)c1ccc(-c2ccccc2)cc1. The summed E-state index contributed by atoms with van der Waals surface area (Å²) in [5.74, 6) is 0.784. The van der Waals surface area contributed by atoms with Crippen molar-refractivity contribution in [1.29, 1.82) is 0 Å². The van der Waals surface area contributed by atoms with Crippen molar-refractivity contribution in [2.24, 2.45) is 5.10 Å². The van der Waals surface area contributed by atoms with E-state index in [1.807, 2.05) is 50.2 Å². The first-order chi connectivity index (χ1) is 14.4. The van der Waals surface area contributed by atoms with Gasteiger partial charge in [-0.2, -0.15) is 5.10 Å². The van der Waals surface area contributed by atoms with Gasteiger partial charge in [0.25, 0.3) is 5.91 Å². The Balaban J connectivity index is 1.59. The summed E-state index contributed by atoms with van der Waals surface area (Å²) in [7, 11) is 0. The van der Waals surface area contributed by atoms with Crippen LogP contribution in [-0.2, 0) is 4.79 Å². The van der Waals surface area contributed by atoms with E-state index in [1.54, 1.807) is 0 Å². The van der Waals surface area contributed by atoms with Crippen molar-refractivity contribution in [3.05, 3.63) is 89.5 Å². The zero-order valence-corrected chi connectivity index (χ0v) is 18.0. The molecule has 0 heterocycles. The number of benzene rings is 3. The number of ether oxygens (including phenoxy) is 1. The van der Waals surface area contributed by atoms with Crippen LogP contribution in [0.4, 0.5) is 0 Å². The molecule has 0 aliphatic carbocycles. The number of carbonyl (C=O) groups is 1. The first kappa shape index (κ1) is 21.3. The van der Waals surface area contributed by atoms with E-state index in [2.05, 4.69) is 60.8 Å². The lowest BCUT2D eigenvalue weighted by Crippen LogP contribution is -2.26. The third kappa shape index (κ3) is 5.57. The van der Waals surface area contributed by atoms with Crippen LogP contribution in [0.15, 0.2) is 77.9 Å². The summed E-state index contributed by atoms with van der Waals surface area (Å²) < 4.78 is 5.76. The Morgan fingerprint density at radius 3 is 2.30 bits per heavy atom. The fraction of sp³-hybridized carbons (Fsp3) is 0.231. The number of amides is 1. The molecule has 4 nitrogen and oxygen atoms in total. The number of hydrogen-bond donors (Lipinski definition) is 1. The minimum Gasteiger partial charge on any atom is -0.483 e. The van der Waals surface area contributed by atoms with Gasteiger partial charge in [0.1, 0.15) is 5.75 Å². The highest BCUT2D eigenvalue weighted by Gasteiger charge is 2.10. The largest absolute Gasteiger partial charge is 0.483 e. The zero-order valence-electron chi connectivity index (χ0n) is 18.0. The third-order valence-electron chi connectivity index (χ3n) is 4.91. The van der Waals surface area contributed by atoms with Crippen LogP contribution in [0.3, 0.4) is 0 Å². The number of nitrogens with zero attached hydrogens (tertiary/aromatic N) is 1. The molecule has 0 saturated carbocycles. The van der Waals surface area contributed by atoms with E-state index in [0.717, 1.165) is 33.7 Å². The van der Waals surface area contributed by atoms with Crippen molar-refractivity contribution in [3.63, 3.8) is 0 Å². The quantitative estimate of drug-likeness (QED) is 0.408. The number of nitrogens with one attached hydrogen (secondary N) is 1. The average Bonchev–Trinajstić information content (AvgIpc) is 2.76. The molecule has 0 fully saturated rings. The normalized spacial score (nSPS) is 11.4. The van der Waals surface area contributed by atoms with Crippen molar-refractivity contribution in [1.82, 2.24) is 5.43 Å².